The van der Waals surface area contributed by atoms with Gasteiger partial charge in [-0.1, -0.05) is 18.2 Å². The van der Waals surface area contributed by atoms with Crippen molar-refractivity contribution in [2.45, 2.75) is 19.5 Å². The third kappa shape index (κ3) is 3.68. The highest BCUT2D eigenvalue weighted by Crippen LogP contribution is 2.16. The molecule has 7 heteroatoms. The van der Waals surface area contributed by atoms with Crippen LogP contribution in [0, 0.1) is 10.8 Å². The van der Waals surface area contributed by atoms with Gasteiger partial charge in [0, 0.05) is 18.4 Å². The summed E-state index contributed by atoms with van der Waals surface area (Å²) in [6, 6.07) is 9.72. The van der Waals surface area contributed by atoms with Gasteiger partial charge in [-0.05, 0) is 24.4 Å². The molecule has 0 radical (unpaired) electrons. The number of piperidine rings is 1. The number of ether oxygens (including phenoxy) is 1. The fourth-order valence-corrected chi connectivity index (χ4v) is 3.09. The number of rotatable bonds is 4. The van der Waals surface area contributed by atoms with Gasteiger partial charge >= 0.3 is 5.97 Å². The molecule has 3 rings (SSSR count). The van der Waals surface area contributed by atoms with Crippen LogP contribution in [0.3, 0.4) is 0 Å². The van der Waals surface area contributed by atoms with Gasteiger partial charge in [-0.15, -0.1) is 5.10 Å². The Labute approximate surface area is 139 Å². The number of quaternary nitrogens is 1. The molecule has 1 aliphatic heterocycles. The molecule has 1 aromatic carbocycles. The van der Waals surface area contributed by atoms with E-state index in [9.17, 15) is 4.79 Å². The lowest BCUT2D eigenvalue weighted by Crippen LogP contribution is -3.12. The molecule has 122 valence electrons. The van der Waals surface area contributed by atoms with E-state index in [2.05, 4.69) is 5.10 Å². The molecule has 1 N–H and O–H groups in total. The molecule has 1 aromatic heterocycles. The second-order valence-corrected chi connectivity index (χ2v) is 6.09. The van der Waals surface area contributed by atoms with Crippen LogP contribution < -0.4 is 4.90 Å². The zero-order valence-corrected chi connectivity index (χ0v) is 13.8. The maximum absolute atomic E-state index is 11.6. The molecule has 2 aromatic rings. The Morgan fingerprint density at radius 1 is 1.39 bits per heavy atom. The van der Waals surface area contributed by atoms with E-state index >= 15 is 0 Å². The number of methoxy groups -OCH3 is 1. The van der Waals surface area contributed by atoms with Gasteiger partial charge in [-0.2, -0.15) is 4.68 Å². The number of esters is 1. The highest BCUT2D eigenvalue weighted by atomic mass is 32.1. The average molecular weight is 334 g/mol. The third-order valence-corrected chi connectivity index (χ3v) is 4.52. The summed E-state index contributed by atoms with van der Waals surface area (Å²) in [5.41, 5.74) is 0.914. The van der Waals surface area contributed by atoms with Gasteiger partial charge in [0.05, 0.1) is 26.1 Å². The first-order valence-electron chi connectivity index (χ1n) is 7.72. The van der Waals surface area contributed by atoms with Crippen molar-refractivity contribution in [2.75, 3.05) is 20.2 Å². The quantitative estimate of drug-likeness (QED) is 0.674. The highest BCUT2D eigenvalue weighted by Gasteiger charge is 2.28. The predicted molar refractivity (Wildman–Crippen MR) is 86.2 cm³/mol. The van der Waals surface area contributed by atoms with Gasteiger partial charge in [0.15, 0.2) is 6.67 Å². The van der Waals surface area contributed by atoms with Crippen molar-refractivity contribution in [1.29, 1.82) is 0 Å². The molecule has 1 aliphatic rings. The number of nitrogens with zero attached hydrogens (tertiary/aromatic N) is 2. The van der Waals surface area contributed by atoms with Crippen LogP contribution >= 0.6 is 12.2 Å². The van der Waals surface area contributed by atoms with Gasteiger partial charge in [-0.3, -0.25) is 4.79 Å². The smallest absolute Gasteiger partial charge is 0.309 e. The minimum absolute atomic E-state index is 0.0221. The lowest BCUT2D eigenvalue weighted by atomic mass is 9.97. The molecule has 0 bridgehead atoms. The summed E-state index contributed by atoms with van der Waals surface area (Å²) in [6.07, 6.45) is 1.66. The van der Waals surface area contributed by atoms with E-state index in [1.165, 1.54) is 12.0 Å². The first-order chi connectivity index (χ1) is 11.2. The zero-order chi connectivity index (χ0) is 16.2. The van der Waals surface area contributed by atoms with Crippen molar-refractivity contribution in [1.82, 2.24) is 9.78 Å². The van der Waals surface area contributed by atoms with Gasteiger partial charge in [0.25, 0.3) is 4.84 Å². The van der Waals surface area contributed by atoms with Crippen molar-refractivity contribution in [2.24, 2.45) is 5.92 Å². The lowest BCUT2D eigenvalue weighted by Gasteiger charge is -2.27. The minimum atomic E-state index is -0.103. The van der Waals surface area contributed by atoms with Crippen LogP contribution in [0.2, 0.25) is 0 Å². The fraction of sp³-hybridized carbons (Fsp3) is 0.438. The van der Waals surface area contributed by atoms with E-state index in [-0.39, 0.29) is 11.9 Å². The molecule has 0 saturated carbocycles. The second kappa shape index (κ2) is 7.06. The standard InChI is InChI=1S/C16H19N3O3S/c1-21-15(20)13-7-9-18(10-8-13)11-19-16(23)22-14(17-19)12-5-3-2-4-6-12/h2-6,13H,7-11H2,1H3/p+1. The summed E-state index contributed by atoms with van der Waals surface area (Å²) in [4.78, 5) is 13.3. The van der Waals surface area contributed by atoms with Crippen LogP contribution in [0.1, 0.15) is 12.8 Å². The van der Waals surface area contributed by atoms with Gasteiger partial charge in [-0.25, -0.2) is 0 Å². The van der Waals surface area contributed by atoms with E-state index in [4.69, 9.17) is 21.4 Å². The molecular weight excluding hydrogens is 314 g/mol. The number of carbonyl (C=O) groups is 1. The molecule has 1 fully saturated rings. The second-order valence-electron chi connectivity index (χ2n) is 5.74. The topological polar surface area (TPSA) is 61.7 Å². The van der Waals surface area contributed by atoms with Crippen molar-refractivity contribution >= 4 is 18.2 Å². The van der Waals surface area contributed by atoms with Gasteiger partial charge < -0.3 is 14.1 Å². The summed E-state index contributed by atoms with van der Waals surface area (Å²) in [5.74, 6) is 0.460. The monoisotopic (exact) mass is 334 g/mol. The van der Waals surface area contributed by atoms with E-state index in [0.717, 1.165) is 31.5 Å². The molecule has 23 heavy (non-hydrogen) atoms. The molecule has 0 unspecified atom stereocenters. The lowest BCUT2D eigenvalue weighted by molar-refractivity contribution is -0.929. The average Bonchev–Trinajstić information content (AvgIpc) is 2.96. The van der Waals surface area contributed by atoms with Crippen molar-refractivity contribution in [3.63, 3.8) is 0 Å². The Kier molecular flexibility index (Phi) is 4.88. The number of hydrogen-bond acceptors (Lipinski definition) is 5. The Balaban J connectivity index is 1.65. The van der Waals surface area contributed by atoms with Gasteiger partial charge in [0.1, 0.15) is 0 Å². The molecular formula is C16H20N3O3S+. The Morgan fingerprint density at radius 2 is 2.09 bits per heavy atom. The number of likely N-dealkylation sites (tertiary alicyclic amines) is 1. The minimum Gasteiger partial charge on any atom is -0.469 e. The summed E-state index contributed by atoms with van der Waals surface area (Å²) < 4.78 is 12.1. The Morgan fingerprint density at radius 3 is 2.74 bits per heavy atom. The first kappa shape index (κ1) is 15.9. The normalized spacial score (nSPS) is 21.1. The molecule has 1 saturated heterocycles. The Bertz CT molecular complexity index is 718. The van der Waals surface area contributed by atoms with Crippen LogP contribution in [0.25, 0.3) is 11.5 Å². The van der Waals surface area contributed by atoms with Crippen LogP contribution in [0.5, 0.6) is 0 Å². The maximum atomic E-state index is 11.6. The summed E-state index contributed by atoms with van der Waals surface area (Å²) in [7, 11) is 1.45. The highest BCUT2D eigenvalue weighted by molar-refractivity contribution is 7.71. The van der Waals surface area contributed by atoms with Crippen LogP contribution in [0.15, 0.2) is 34.7 Å². The first-order valence-corrected chi connectivity index (χ1v) is 8.13. The number of nitrogens with one attached hydrogen (secondary N) is 1. The summed E-state index contributed by atoms with van der Waals surface area (Å²) in [5, 5.41) is 4.48. The van der Waals surface area contributed by atoms with Crippen molar-refractivity contribution in [3.05, 3.63) is 35.2 Å². The van der Waals surface area contributed by atoms with Crippen molar-refractivity contribution in [3.8, 4) is 11.5 Å². The van der Waals surface area contributed by atoms with Gasteiger partial charge in [0.2, 0.25) is 5.89 Å². The summed E-state index contributed by atoms with van der Waals surface area (Å²) in [6.45, 7) is 2.45. The zero-order valence-electron chi connectivity index (χ0n) is 13.0. The molecule has 2 heterocycles. The molecule has 0 amide bonds. The fourth-order valence-electron chi connectivity index (χ4n) is 2.90. The number of hydrogen-bond donors (Lipinski definition) is 1. The largest absolute Gasteiger partial charge is 0.469 e. The van der Waals surface area contributed by atoms with Crippen LogP contribution in [-0.2, 0) is 16.2 Å². The van der Waals surface area contributed by atoms with Crippen LogP contribution in [-0.4, -0.2) is 35.9 Å². The van der Waals surface area contributed by atoms with E-state index in [0.29, 0.717) is 17.4 Å². The summed E-state index contributed by atoms with van der Waals surface area (Å²) >= 11 is 5.27. The molecule has 0 spiro atoms. The predicted octanol–water partition coefficient (Wildman–Crippen LogP) is 1.30. The maximum Gasteiger partial charge on any atom is 0.309 e. The van der Waals surface area contributed by atoms with E-state index < -0.39 is 0 Å². The number of aromatic nitrogens is 2. The van der Waals surface area contributed by atoms with Crippen LogP contribution in [0.4, 0.5) is 0 Å². The third-order valence-electron chi connectivity index (χ3n) is 4.23. The SMILES string of the molecule is COC(=O)C1CC[NH+](Cn2nc(-c3ccccc3)oc2=S)CC1. The molecule has 6 nitrogen and oxygen atoms in total. The number of benzene rings is 1. The van der Waals surface area contributed by atoms with E-state index in [1.54, 1.807) is 4.68 Å². The number of carbonyl (C=O) groups excluding carboxylic acids is 1. The molecule has 0 aliphatic carbocycles. The van der Waals surface area contributed by atoms with E-state index in [1.807, 2.05) is 30.3 Å². The molecule has 0 atom stereocenters. The van der Waals surface area contributed by atoms with Crippen molar-refractivity contribution < 1.29 is 18.8 Å². The Hall–Kier alpha value is -1.99.